The van der Waals surface area contributed by atoms with Gasteiger partial charge in [0.1, 0.15) is 6.07 Å². The van der Waals surface area contributed by atoms with E-state index in [4.69, 9.17) is 4.42 Å². The smallest absolute Gasteiger partial charge is 0.250 e. The molecule has 6 heteroatoms. The first-order valence-electron chi connectivity index (χ1n) is 9.80. The maximum atomic E-state index is 12.2. The number of pyridine rings is 1. The van der Waals surface area contributed by atoms with Crippen molar-refractivity contribution in [3.63, 3.8) is 0 Å². The maximum absolute atomic E-state index is 12.2. The Balaban J connectivity index is 1.43. The molecular formula is C23H20N4O2. The van der Waals surface area contributed by atoms with Gasteiger partial charge in [-0.25, -0.2) is 0 Å². The molecule has 6 nitrogen and oxygen atoms in total. The zero-order chi connectivity index (χ0) is 19.8. The molecule has 3 aromatic rings. The van der Waals surface area contributed by atoms with Crippen molar-refractivity contribution < 1.29 is 4.42 Å². The maximum Gasteiger partial charge on any atom is 0.250 e. The van der Waals surface area contributed by atoms with Gasteiger partial charge in [-0.3, -0.25) is 4.79 Å². The largest absolute Gasteiger partial charge is 0.420 e. The molecule has 29 heavy (non-hydrogen) atoms. The van der Waals surface area contributed by atoms with E-state index in [1.165, 1.54) is 0 Å². The molecule has 144 valence electrons. The molecule has 0 radical (unpaired) electrons. The van der Waals surface area contributed by atoms with Gasteiger partial charge in [-0.1, -0.05) is 36.4 Å². The summed E-state index contributed by atoms with van der Waals surface area (Å²) in [5, 5.41) is 9.58. The molecule has 2 aliphatic rings. The van der Waals surface area contributed by atoms with Crippen LogP contribution < -0.4 is 10.5 Å². The van der Waals surface area contributed by atoms with Crippen molar-refractivity contribution in [3.05, 3.63) is 81.7 Å². The van der Waals surface area contributed by atoms with Crippen molar-refractivity contribution in [2.45, 2.75) is 18.9 Å². The average Bonchev–Trinajstić information content (AvgIpc) is 3.17. The number of hydrogen-bond donors (Lipinski definition) is 0. The summed E-state index contributed by atoms with van der Waals surface area (Å²) in [6.07, 6.45) is 4.76. The van der Waals surface area contributed by atoms with Gasteiger partial charge < -0.3 is 13.9 Å². The van der Waals surface area contributed by atoms with Crippen molar-refractivity contribution in [1.29, 1.82) is 5.26 Å². The Hall–Kier alpha value is -3.59. The predicted molar refractivity (Wildman–Crippen MR) is 110 cm³/mol. The summed E-state index contributed by atoms with van der Waals surface area (Å²) in [7, 11) is 0. The highest BCUT2D eigenvalue weighted by Gasteiger charge is 2.36. The van der Waals surface area contributed by atoms with Gasteiger partial charge >= 0.3 is 0 Å². The standard InChI is InChI=1S/C23H20N4O2/c24-12-19-23(29-21(25-19)10-9-16-5-2-1-3-6-16)26-13-17-11-18(15-26)20-7-4-8-22(28)27(20)14-17/h1-10,17-18H,11,13-15H2. The summed E-state index contributed by atoms with van der Waals surface area (Å²) in [5.74, 6) is 1.55. The van der Waals surface area contributed by atoms with Crippen LogP contribution in [0.3, 0.4) is 0 Å². The Labute approximate surface area is 168 Å². The highest BCUT2D eigenvalue weighted by atomic mass is 16.4. The summed E-state index contributed by atoms with van der Waals surface area (Å²) >= 11 is 0. The third-order valence-corrected chi connectivity index (χ3v) is 5.72. The predicted octanol–water partition coefficient (Wildman–Crippen LogP) is 3.50. The molecule has 2 atom stereocenters. The Bertz CT molecular complexity index is 1170. The van der Waals surface area contributed by atoms with E-state index >= 15 is 0 Å². The molecule has 1 aromatic carbocycles. The van der Waals surface area contributed by atoms with E-state index in [9.17, 15) is 10.1 Å². The lowest BCUT2D eigenvalue weighted by atomic mass is 9.83. The number of nitriles is 1. The molecule has 1 saturated heterocycles. The Kier molecular flexibility index (Phi) is 4.28. The summed E-state index contributed by atoms with van der Waals surface area (Å²) in [6, 6.07) is 17.6. The zero-order valence-electron chi connectivity index (χ0n) is 15.9. The van der Waals surface area contributed by atoms with E-state index in [0.717, 1.165) is 24.2 Å². The molecule has 0 aliphatic carbocycles. The van der Waals surface area contributed by atoms with Crippen LogP contribution >= 0.6 is 0 Å². The number of benzene rings is 1. The fraction of sp³-hybridized carbons (Fsp3) is 0.261. The van der Waals surface area contributed by atoms with Crippen LogP contribution in [0.25, 0.3) is 12.2 Å². The molecule has 0 saturated carbocycles. The van der Waals surface area contributed by atoms with E-state index in [2.05, 4.69) is 16.0 Å². The molecule has 2 aromatic heterocycles. The number of anilines is 1. The van der Waals surface area contributed by atoms with Gasteiger partial charge in [0.2, 0.25) is 17.5 Å². The van der Waals surface area contributed by atoms with Crippen LogP contribution in [0.1, 0.15) is 35.2 Å². The number of hydrogen-bond acceptors (Lipinski definition) is 5. The lowest BCUT2D eigenvalue weighted by Gasteiger charge is -2.42. The second-order valence-corrected chi connectivity index (χ2v) is 7.66. The van der Waals surface area contributed by atoms with Crippen LogP contribution in [-0.4, -0.2) is 22.6 Å². The van der Waals surface area contributed by atoms with Gasteiger partial charge in [0.15, 0.2) is 0 Å². The quantitative estimate of drug-likeness (QED) is 0.691. The van der Waals surface area contributed by atoms with Crippen LogP contribution in [0.15, 0.2) is 57.7 Å². The highest BCUT2D eigenvalue weighted by Crippen LogP contribution is 2.38. The van der Waals surface area contributed by atoms with E-state index in [0.29, 0.717) is 36.5 Å². The minimum Gasteiger partial charge on any atom is -0.420 e. The SMILES string of the molecule is N#Cc1nc(C=Cc2ccccc2)oc1N1CC2CC(C1)c1cccc(=O)n1C2. The van der Waals surface area contributed by atoms with Gasteiger partial charge in [-0.2, -0.15) is 10.2 Å². The lowest BCUT2D eigenvalue weighted by Crippen LogP contribution is -2.47. The first-order valence-corrected chi connectivity index (χ1v) is 9.80. The van der Waals surface area contributed by atoms with E-state index < -0.39 is 0 Å². The number of nitrogens with zero attached hydrogens (tertiary/aromatic N) is 4. The minimum absolute atomic E-state index is 0.0661. The fourth-order valence-corrected chi connectivity index (χ4v) is 4.48. The summed E-state index contributed by atoms with van der Waals surface area (Å²) < 4.78 is 7.88. The molecule has 2 bridgehead atoms. The highest BCUT2D eigenvalue weighted by molar-refractivity contribution is 5.67. The lowest BCUT2D eigenvalue weighted by molar-refractivity contribution is 0.275. The third kappa shape index (κ3) is 3.25. The van der Waals surface area contributed by atoms with E-state index in [1.807, 2.05) is 53.1 Å². The van der Waals surface area contributed by atoms with Crippen LogP contribution in [0.2, 0.25) is 0 Å². The molecule has 1 fully saturated rings. The number of rotatable bonds is 3. The third-order valence-electron chi connectivity index (χ3n) is 5.72. The second kappa shape index (κ2) is 7.10. The monoisotopic (exact) mass is 384 g/mol. The van der Waals surface area contributed by atoms with E-state index in [-0.39, 0.29) is 11.5 Å². The van der Waals surface area contributed by atoms with E-state index in [1.54, 1.807) is 12.1 Å². The fourth-order valence-electron chi connectivity index (χ4n) is 4.48. The number of fused-ring (bicyclic) bond motifs is 4. The molecular weight excluding hydrogens is 364 g/mol. The van der Waals surface area contributed by atoms with Gasteiger partial charge in [0.25, 0.3) is 5.56 Å². The topological polar surface area (TPSA) is 75.1 Å². The molecule has 4 heterocycles. The van der Waals surface area contributed by atoms with Crippen molar-refractivity contribution in [1.82, 2.24) is 9.55 Å². The van der Waals surface area contributed by atoms with Crippen molar-refractivity contribution in [2.24, 2.45) is 5.92 Å². The number of aromatic nitrogens is 2. The van der Waals surface area contributed by atoms with Crippen LogP contribution in [0.4, 0.5) is 5.88 Å². The van der Waals surface area contributed by atoms with Crippen LogP contribution in [-0.2, 0) is 6.54 Å². The number of piperidine rings is 1. The molecule has 2 aliphatic heterocycles. The summed E-state index contributed by atoms with van der Waals surface area (Å²) in [5.41, 5.74) is 2.49. The van der Waals surface area contributed by atoms with Crippen LogP contribution in [0, 0.1) is 17.2 Å². The summed E-state index contributed by atoms with van der Waals surface area (Å²) in [6.45, 7) is 2.17. The van der Waals surface area contributed by atoms with Crippen molar-refractivity contribution in [2.75, 3.05) is 18.0 Å². The Morgan fingerprint density at radius 1 is 1.07 bits per heavy atom. The molecule has 2 unspecified atom stereocenters. The van der Waals surface area contributed by atoms with Crippen LogP contribution in [0.5, 0.6) is 0 Å². The normalized spacial score (nSPS) is 20.4. The Morgan fingerprint density at radius 3 is 2.76 bits per heavy atom. The van der Waals surface area contributed by atoms with Gasteiger partial charge in [0, 0.05) is 43.4 Å². The van der Waals surface area contributed by atoms with Crippen molar-refractivity contribution in [3.8, 4) is 6.07 Å². The molecule has 0 amide bonds. The van der Waals surface area contributed by atoms with Gasteiger partial charge in [-0.15, -0.1) is 0 Å². The Morgan fingerprint density at radius 2 is 1.93 bits per heavy atom. The van der Waals surface area contributed by atoms with Gasteiger partial charge in [-0.05, 0) is 30.0 Å². The first kappa shape index (κ1) is 17.5. The molecule has 0 spiro atoms. The summed E-state index contributed by atoms with van der Waals surface area (Å²) in [4.78, 5) is 18.7. The average molecular weight is 384 g/mol. The second-order valence-electron chi connectivity index (χ2n) is 7.66. The van der Waals surface area contributed by atoms with Crippen molar-refractivity contribution >= 4 is 18.0 Å². The molecule has 0 N–H and O–H groups in total. The number of oxazole rings is 1. The zero-order valence-corrected chi connectivity index (χ0v) is 15.9. The van der Waals surface area contributed by atoms with Gasteiger partial charge in [0.05, 0.1) is 0 Å². The molecule has 5 rings (SSSR count). The first-order chi connectivity index (χ1) is 14.2. The minimum atomic E-state index is 0.0661.